The molecule has 2 rings (SSSR count). The molecule has 21 heavy (non-hydrogen) atoms. The molecule has 0 aliphatic rings. The predicted molar refractivity (Wildman–Crippen MR) is 76.4 cm³/mol. The lowest BCUT2D eigenvalue weighted by Gasteiger charge is -2.07. The minimum atomic E-state index is -0.416. The van der Waals surface area contributed by atoms with Crippen LogP contribution in [0.25, 0.3) is 11.4 Å². The lowest BCUT2D eigenvalue weighted by Crippen LogP contribution is -2.08. The third-order valence-electron chi connectivity index (χ3n) is 2.77. The van der Waals surface area contributed by atoms with Crippen LogP contribution in [-0.2, 0) is 16.0 Å². The molecule has 1 aromatic heterocycles. The molecule has 0 saturated carbocycles. The summed E-state index contributed by atoms with van der Waals surface area (Å²) in [5, 5.41) is 10.0. The molecule has 0 fully saturated rings. The van der Waals surface area contributed by atoms with Gasteiger partial charge in [0.25, 0.3) is 0 Å². The molecule has 0 atom stereocenters. The molecule has 1 heterocycles. The number of aromatic nitrogens is 3. The minimum absolute atomic E-state index is 0.0740. The molecule has 0 bridgehead atoms. The van der Waals surface area contributed by atoms with E-state index >= 15 is 0 Å². The maximum atomic E-state index is 11.2. The highest BCUT2D eigenvalue weighted by Gasteiger charge is 2.08. The van der Waals surface area contributed by atoms with E-state index in [0.717, 1.165) is 5.56 Å². The zero-order chi connectivity index (χ0) is 15.2. The average Bonchev–Trinajstić information content (AvgIpc) is 2.48. The summed E-state index contributed by atoms with van der Waals surface area (Å²) in [7, 11) is 0. The number of aromatic hydroxyl groups is 1. The Morgan fingerprint density at radius 3 is 2.67 bits per heavy atom. The fraction of sp³-hybridized carbons (Fsp3) is 0.200. The van der Waals surface area contributed by atoms with Gasteiger partial charge >= 0.3 is 5.97 Å². The second-order valence-corrected chi connectivity index (χ2v) is 4.48. The van der Waals surface area contributed by atoms with Crippen molar-refractivity contribution < 1.29 is 14.6 Å². The Kier molecular flexibility index (Phi) is 4.61. The number of hydrogen-bond acceptors (Lipinski definition) is 6. The zero-order valence-electron chi connectivity index (χ0n) is 11.6. The van der Waals surface area contributed by atoms with Crippen LogP contribution in [0.15, 0.2) is 43.0 Å². The van der Waals surface area contributed by atoms with Crippen LogP contribution in [-0.4, -0.2) is 32.6 Å². The van der Waals surface area contributed by atoms with Gasteiger partial charge in [-0.25, -0.2) is 19.7 Å². The number of rotatable bonds is 5. The van der Waals surface area contributed by atoms with E-state index in [0.29, 0.717) is 23.4 Å². The largest absolute Gasteiger partial charge is 0.507 e. The van der Waals surface area contributed by atoms with E-state index in [1.54, 1.807) is 19.1 Å². The van der Waals surface area contributed by atoms with Gasteiger partial charge in [-0.15, -0.1) is 0 Å². The average molecular weight is 285 g/mol. The Labute approximate surface area is 122 Å². The maximum Gasteiger partial charge on any atom is 0.333 e. The first-order chi connectivity index (χ1) is 10.1. The molecule has 0 spiro atoms. The number of carbonyl (C=O) groups excluding carboxylic acids is 1. The summed E-state index contributed by atoms with van der Waals surface area (Å²) in [4.78, 5) is 22.9. The van der Waals surface area contributed by atoms with E-state index < -0.39 is 5.97 Å². The van der Waals surface area contributed by atoms with Crippen LogP contribution >= 0.6 is 0 Å². The van der Waals surface area contributed by atoms with Crippen LogP contribution in [0.2, 0.25) is 0 Å². The molecule has 0 unspecified atom stereocenters. The molecule has 108 valence electrons. The molecule has 0 amide bonds. The molecule has 2 aromatic rings. The van der Waals surface area contributed by atoms with Gasteiger partial charge in [-0.2, -0.15) is 0 Å². The molecule has 1 N–H and O–H groups in total. The highest BCUT2D eigenvalue weighted by molar-refractivity contribution is 5.86. The summed E-state index contributed by atoms with van der Waals surface area (Å²) < 4.78 is 5.01. The van der Waals surface area contributed by atoms with Gasteiger partial charge in [-0.05, 0) is 24.6 Å². The van der Waals surface area contributed by atoms with Crippen molar-refractivity contribution in [1.29, 1.82) is 0 Å². The molecule has 0 aliphatic carbocycles. The topological polar surface area (TPSA) is 85.2 Å². The van der Waals surface area contributed by atoms with Crippen LogP contribution in [0.5, 0.6) is 5.75 Å². The van der Waals surface area contributed by atoms with Crippen molar-refractivity contribution in [3.63, 3.8) is 0 Å². The van der Waals surface area contributed by atoms with Crippen molar-refractivity contribution in [3.05, 3.63) is 48.6 Å². The lowest BCUT2D eigenvalue weighted by molar-refractivity contribution is -0.138. The number of ether oxygens (including phenoxy) is 1. The van der Waals surface area contributed by atoms with E-state index in [1.165, 1.54) is 12.7 Å². The second kappa shape index (κ2) is 6.60. The molecular formula is C15H15N3O3. The van der Waals surface area contributed by atoms with Crippen molar-refractivity contribution in [2.45, 2.75) is 13.3 Å². The van der Waals surface area contributed by atoms with Gasteiger partial charge in [0, 0.05) is 12.0 Å². The number of nitrogens with zero attached hydrogens (tertiary/aromatic N) is 3. The number of carbonyl (C=O) groups is 1. The smallest absolute Gasteiger partial charge is 0.333 e. The monoisotopic (exact) mass is 285 g/mol. The fourth-order valence-electron chi connectivity index (χ4n) is 1.68. The molecule has 6 nitrogen and oxygen atoms in total. The Balaban J connectivity index is 2.03. The van der Waals surface area contributed by atoms with Gasteiger partial charge < -0.3 is 9.84 Å². The first-order valence-electron chi connectivity index (χ1n) is 6.35. The summed E-state index contributed by atoms with van der Waals surface area (Å²) in [5.74, 6) is 0.0636. The van der Waals surface area contributed by atoms with Crippen LogP contribution in [0.4, 0.5) is 0 Å². The van der Waals surface area contributed by atoms with Crippen LogP contribution in [0.3, 0.4) is 0 Å². The highest BCUT2D eigenvalue weighted by atomic mass is 16.5. The van der Waals surface area contributed by atoms with E-state index in [9.17, 15) is 9.90 Å². The van der Waals surface area contributed by atoms with Crippen LogP contribution in [0.1, 0.15) is 12.5 Å². The van der Waals surface area contributed by atoms with E-state index in [1.807, 2.05) is 6.07 Å². The number of hydrogen-bond donors (Lipinski definition) is 1. The maximum absolute atomic E-state index is 11.2. The number of benzene rings is 1. The first-order valence-corrected chi connectivity index (χ1v) is 6.35. The van der Waals surface area contributed by atoms with Gasteiger partial charge in [0.2, 0.25) is 0 Å². The Morgan fingerprint density at radius 1 is 1.33 bits per heavy atom. The molecular weight excluding hydrogens is 270 g/mol. The SMILES string of the molecule is C=C(C)C(=O)OCCc1ccc(-c2ncncn2)c(O)c1. The Morgan fingerprint density at radius 2 is 2.05 bits per heavy atom. The third kappa shape index (κ3) is 3.85. The lowest BCUT2D eigenvalue weighted by atomic mass is 10.1. The van der Waals surface area contributed by atoms with E-state index in [4.69, 9.17) is 4.74 Å². The molecule has 6 heteroatoms. The van der Waals surface area contributed by atoms with Crippen molar-refractivity contribution in [2.75, 3.05) is 6.61 Å². The summed E-state index contributed by atoms with van der Waals surface area (Å²) in [6.45, 7) is 5.33. The van der Waals surface area contributed by atoms with Gasteiger partial charge in [-0.3, -0.25) is 0 Å². The minimum Gasteiger partial charge on any atom is -0.507 e. The van der Waals surface area contributed by atoms with Gasteiger partial charge in [0.05, 0.1) is 12.2 Å². The molecule has 0 radical (unpaired) electrons. The second-order valence-electron chi connectivity index (χ2n) is 4.48. The number of phenols is 1. The molecule has 0 aliphatic heterocycles. The van der Waals surface area contributed by atoms with Gasteiger partial charge in [-0.1, -0.05) is 12.6 Å². The standard InChI is InChI=1S/C15H15N3O3/c1-10(2)15(20)21-6-5-11-3-4-12(13(19)7-11)14-17-8-16-9-18-14/h3-4,7-9,19H,1,5-6H2,2H3. The quantitative estimate of drug-likeness (QED) is 0.667. The summed E-state index contributed by atoms with van der Waals surface area (Å²) in [6, 6.07) is 5.15. The van der Waals surface area contributed by atoms with E-state index in [-0.39, 0.29) is 12.4 Å². The van der Waals surface area contributed by atoms with Crippen molar-refractivity contribution in [2.24, 2.45) is 0 Å². The van der Waals surface area contributed by atoms with Crippen molar-refractivity contribution in [3.8, 4) is 17.1 Å². The fourth-order valence-corrected chi connectivity index (χ4v) is 1.68. The molecule has 0 saturated heterocycles. The highest BCUT2D eigenvalue weighted by Crippen LogP contribution is 2.26. The van der Waals surface area contributed by atoms with Gasteiger partial charge in [0.15, 0.2) is 5.82 Å². The van der Waals surface area contributed by atoms with Crippen molar-refractivity contribution >= 4 is 5.97 Å². The number of esters is 1. The zero-order valence-corrected chi connectivity index (χ0v) is 11.6. The van der Waals surface area contributed by atoms with Gasteiger partial charge in [0.1, 0.15) is 18.4 Å². The van der Waals surface area contributed by atoms with E-state index in [2.05, 4.69) is 21.5 Å². The van der Waals surface area contributed by atoms with Crippen molar-refractivity contribution in [1.82, 2.24) is 15.0 Å². The Hall–Kier alpha value is -2.76. The summed E-state index contributed by atoms with van der Waals surface area (Å²) in [5.41, 5.74) is 1.74. The predicted octanol–water partition coefficient (Wildman–Crippen LogP) is 1.91. The number of phenolic OH excluding ortho intramolecular Hbond substituents is 1. The summed E-state index contributed by atoms with van der Waals surface area (Å²) >= 11 is 0. The summed E-state index contributed by atoms with van der Waals surface area (Å²) in [6.07, 6.45) is 3.24. The normalized spacial score (nSPS) is 10.1. The first kappa shape index (κ1) is 14.6. The van der Waals surface area contributed by atoms with Crippen LogP contribution < -0.4 is 0 Å². The third-order valence-corrected chi connectivity index (χ3v) is 2.77. The molecule has 1 aromatic carbocycles. The van der Waals surface area contributed by atoms with Crippen LogP contribution in [0, 0.1) is 0 Å². The Bertz CT molecular complexity index is 656.